The molecule has 0 bridgehead atoms. The molecule has 6 nitrogen and oxygen atoms in total. The van der Waals surface area contributed by atoms with Crippen molar-refractivity contribution in [2.75, 3.05) is 20.8 Å². The highest BCUT2D eigenvalue weighted by Gasteiger charge is 2.11. The fourth-order valence-corrected chi connectivity index (χ4v) is 1.75. The fraction of sp³-hybridized carbons (Fsp3) is 0.158. The number of benzene rings is 2. The van der Waals surface area contributed by atoms with Crippen molar-refractivity contribution in [1.82, 2.24) is 0 Å². The Kier molecular flexibility index (Phi) is 8.10. The smallest absolute Gasteiger partial charge is 0.341 e. The molecule has 0 aromatic heterocycles. The van der Waals surface area contributed by atoms with Gasteiger partial charge in [0.1, 0.15) is 29.2 Å². The summed E-state index contributed by atoms with van der Waals surface area (Å²) in [6, 6.07) is 13.0. The normalized spacial score (nSPS) is 9.00. The van der Waals surface area contributed by atoms with Crippen LogP contribution in [0.3, 0.4) is 0 Å². The molecule has 0 saturated heterocycles. The van der Waals surface area contributed by atoms with Gasteiger partial charge in [0, 0.05) is 0 Å². The van der Waals surface area contributed by atoms with Gasteiger partial charge in [-0.25, -0.2) is 9.59 Å². The summed E-state index contributed by atoms with van der Waals surface area (Å²) in [6.07, 6.45) is 5.04. The Hall–Kier alpha value is -3.46. The van der Waals surface area contributed by atoms with E-state index in [1.54, 1.807) is 36.4 Å². The van der Waals surface area contributed by atoms with Gasteiger partial charge in [-0.2, -0.15) is 0 Å². The minimum absolute atomic E-state index is 0.0562. The van der Waals surface area contributed by atoms with Gasteiger partial charge in [0.05, 0.1) is 14.2 Å². The highest BCUT2D eigenvalue weighted by Crippen LogP contribution is 2.18. The summed E-state index contributed by atoms with van der Waals surface area (Å²) in [5, 5.41) is 9.11. The van der Waals surface area contributed by atoms with Crippen LogP contribution < -0.4 is 4.74 Å². The first-order valence-electron chi connectivity index (χ1n) is 7.15. The second kappa shape index (κ2) is 10.3. The largest absolute Gasteiger partial charge is 0.507 e. The second-order valence-electron chi connectivity index (χ2n) is 4.49. The van der Waals surface area contributed by atoms with Crippen molar-refractivity contribution in [1.29, 1.82) is 0 Å². The number of aromatic hydroxyl groups is 1. The van der Waals surface area contributed by atoms with Gasteiger partial charge in [-0.3, -0.25) is 0 Å². The van der Waals surface area contributed by atoms with E-state index in [0.717, 1.165) is 0 Å². The van der Waals surface area contributed by atoms with Gasteiger partial charge in [-0.15, -0.1) is 6.42 Å². The molecular formula is C19H18O6. The first-order valence-corrected chi connectivity index (χ1v) is 7.15. The van der Waals surface area contributed by atoms with Crippen molar-refractivity contribution in [2.45, 2.75) is 0 Å². The van der Waals surface area contributed by atoms with Gasteiger partial charge < -0.3 is 19.3 Å². The zero-order valence-electron chi connectivity index (χ0n) is 13.9. The highest BCUT2D eigenvalue weighted by atomic mass is 16.5. The summed E-state index contributed by atoms with van der Waals surface area (Å²) >= 11 is 0. The number of terminal acetylenes is 1. The summed E-state index contributed by atoms with van der Waals surface area (Å²) in [4.78, 5) is 22.1. The Morgan fingerprint density at radius 2 is 1.48 bits per heavy atom. The Labute approximate surface area is 146 Å². The zero-order valence-corrected chi connectivity index (χ0v) is 13.9. The Balaban J connectivity index is 0.000000257. The zero-order chi connectivity index (χ0) is 18.7. The van der Waals surface area contributed by atoms with Crippen LogP contribution in [0.5, 0.6) is 11.5 Å². The molecule has 1 N–H and O–H groups in total. The second-order valence-corrected chi connectivity index (χ2v) is 4.49. The van der Waals surface area contributed by atoms with Crippen molar-refractivity contribution in [2.24, 2.45) is 0 Å². The van der Waals surface area contributed by atoms with Crippen LogP contribution in [-0.4, -0.2) is 37.9 Å². The number of rotatable bonds is 4. The Bertz CT molecular complexity index is 761. The van der Waals surface area contributed by atoms with Crippen LogP contribution >= 0.6 is 0 Å². The van der Waals surface area contributed by atoms with Crippen molar-refractivity contribution in [3.05, 3.63) is 59.7 Å². The lowest BCUT2D eigenvalue weighted by Gasteiger charge is -2.06. The lowest BCUT2D eigenvalue weighted by atomic mass is 10.2. The molecule has 0 radical (unpaired) electrons. The third kappa shape index (κ3) is 5.92. The summed E-state index contributed by atoms with van der Waals surface area (Å²) in [7, 11) is 2.59. The van der Waals surface area contributed by atoms with E-state index in [4.69, 9.17) is 16.3 Å². The average molecular weight is 342 g/mol. The summed E-state index contributed by atoms with van der Waals surface area (Å²) in [5.74, 6) is 1.75. The third-order valence-corrected chi connectivity index (χ3v) is 2.91. The minimum Gasteiger partial charge on any atom is -0.507 e. The van der Waals surface area contributed by atoms with E-state index in [1.165, 1.54) is 26.4 Å². The number of methoxy groups -OCH3 is 2. The SMILES string of the molecule is C#CCOc1ccccc1C(=O)OC.COC(=O)c1ccccc1O. The van der Waals surface area contributed by atoms with E-state index in [2.05, 4.69) is 15.4 Å². The monoisotopic (exact) mass is 342 g/mol. The van der Waals surface area contributed by atoms with E-state index in [0.29, 0.717) is 11.3 Å². The number of ether oxygens (including phenoxy) is 3. The van der Waals surface area contributed by atoms with E-state index >= 15 is 0 Å². The molecule has 0 aliphatic rings. The lowest BCUT2D eigenvalue weighted by molar-refractivity contribution is 0.0587. The maximum Gasteiger partial charge on any atom is 0.341 e. The van der Waals surface area contributed by atoms with Crippen molar-refractivity contribution < 1.29 is 28.9 Å². The maximum atomic E-state index is 11.2. The van der Waals surface area contributed by atoms with Gasteiger partial charge in [0.25, 0.3) is 0 Å². The number of carbonyl (C=O) groups is 2. The number of carbonyl (C=O) groups excluding carboxylic acids is 2. The number of esters is 2. The molecule has 0 fully saturated rings. The van der Waals surface area contributed by atoms with Gasteiger partial charge >= 0.3 is 11.9 Å². The van der Waals surface area contributed by atoms with Crippen LogP contribution in [0.4, 0.5) is 0 Å². The standard InChI is InChI=1S/C11H10O3.C8H8O3/c1-3-8-14-10-7-5-4-6-9(10)11(12)13-2;1-11-8(10)6-4-2-3-5-7(6)9/h1,4-7H,8H2,2H3;2-5,9H,1H3. The molecule has 2 rings (SSSR count). The number of phenols is 1. The molecule has 2 aromatic rings. The molecule has 0 atom stereocenters. The van der Waals surface area contributed by atoms with E-state index in [9.17, 15) is 9.59 Å². The predicted octanol–water partition coefficient (Wildman–Crippen LogP) is 2.66. The van der Waals surface area contributed by atoms with Gasteiger partial charge in [0.2, 0.25) is 0 Å². The van der Waals surface area contributed by atoms with Crippen LogP contribution in [0.25, 0.3) is 0 Å². The summed E-state index contributed by atoms with van der Waals surface area (Å²) < 4.78 is 14.2. The molecule has 25 heavy (non-hydrogen) atoms. The molecule has 0 aliphatic carbocycles. The Morgan fingerprint density at radius 1 is 0.960 bits per heavy atom. The van der Waals surface area contributed by atoms with Gasteiger partial charge in [-0.05, 0) is 24.3 Å². The number of para-hydroxylation sites is 2. The highest BCUT2D eigenvalue weighted by molar-refractivity contribution is 5.92. The van der Waals surface area contributed by atoms with Crippen LogP contribution in [0.15, 0.2) is 48.5 Å². The molecule has 0 spiro atoms. The van der Waals surface area contributed by atoms with Crippen LogP contribution in [0.2, 0.25) is 0 Å². The van der Waals surface area contributed by atoms with Gasteiger partial charge in [0.15, 0.2) is 0 Å². The summed E-state index contributed by atoms with van der Waals surface area (Å²) in [5.41, 5.74) is 0.570. The number of hydrogen-bond acceptors (Lipinski definition) is 6. The van der Waals surface area contributed by atoms with Crippen LogP contribution in [0, 0.1) is 12.3 Å². The molecule has 0 amide bonds. The van der Waals surface area contributed by atoms with E-state index < -0.39 is 11.9 Å². The molecular weight excluding hydrogens is 324 g/mol. The van der Waals surface area contributed by atoms with Crippen molar-refractivity contribution in [3.8, 4) is 23.8 Å². The first kappa shape index (κ1) is 19.6. The summed E-state index contributed by atoms with van der Waals surface area (Å²) in [6.45, 7) is 0.133. The molecule has 0 saturated carbocycles. The molecule has 6 heteroatoms. The quantitative estimate of drug-likeness (QED) is 0.679. The third-order valence-electron chi connectivity index (χ3n) is 2.91. The van der Waals surface area contributed by atoms with E-state index in [-0.39, 0.29) is 17.9 Å². The number of phenolic OH excluding ortho intramolecular Hbond substituents is 1. The minimum atomic E-state index is -0.525. The number of hydrogen-bond donors (Lipinski definition) is 1. The van der Waals surface area contributed by atoms with Crippen LogP contribution in [0.1, 0.15) is 20.7 Å². The lowest BCUT2D eigenvalue weighted by Crippen LogP contribution is -2.05. The molecule has 0 heterocycles. The van der Waals surface area contributed by atoms with E-state index in [1.807, 2.05) is 0 Å². The van der Waals surface area contributed by atoms with Crippen molar-refractivity contribution >= 4 is 11.9 Å². The topological polar surface area (TPSA) is 82.1 Å². The molecule has 130 valence electrons. The fourth-order valence-electron chi connectivity index (χ4n) is 1.75. The predicted molar refractivity (Wildman–Crippen MR) is 91.6 cm³/mol. The van der Waals surface area contributed by atoms with Crippen molar-refractivity contribution in [3.63, 3.8) is 0 Å². The average Bonchev–Trinajstić information content (AvgIpc) is 2.66. The van der Waals surface area contributed by atoms with Crippen LogP contribution in [-0.2, 0) is 9.47 Å². The Morgan fingerprint density at radius 3 is 2.04 bits per heavy atom. The van der Waals surface area contributed by atoms with Gasteiger partial charge in [-0.1, -0.05) is 30.2 Å². The molecule has 0 unspecified atom stereocenters. The maximum absolute atomic E-state index is 11.2. The first-order chi connectivity index (χ1) is 12.0. The molecule has 0 aliphatic heterocycles. The molecule has 2 aromatic carbocycles.